The fourth-order valence-electron chi connectivity index (χ4n) is 5.11. The second kappa shape index (κ2) is 8.22. The van der Waals surface area contributed by atoms with E-state index in [1.165, 1.54) is 76.2 Å². The molecule has 0 radical (unpaired) electrons. The summed E-state index contributed by atoms with van der Waals surface area (Å²) in [5.74, 6) is 4.18. The van der Waals surface area contributed by atoms with Gasteiger partial charge >= 0.3 is 0 Å². The number of phenolic OH excluding ortho intramolecular Hbond substituents is 1. The fraction of sp³-hybridized carbons (Fsp3) is 0.727. The molecule has 0 aromatic heterocycles. The molecule has 3 rings (SSSR count). The van der Waals surface area contributed by atoms with Crippen LogP contribution in [0.1, 0.15) is 89.0 Å². The van der Waals surface area contributed by atoms with Gasteiger partial charge in [0.05, 0.1) is 0 Å². The second-order valence-electron chi connectivity index (χ2n) is 8.13. The number of hydrogen-bond donors (Lipinski definition) is 1. The number of benzene rings is 1. The van der Waals surface area contributed by atoms with Gasteiger partial charge in [-0.3, -0.25) is 0 Å². The third-order valence-electron chi connectivity index (χ3n) is 6.66. The van der Waals surface area contributed by atoms with Crippen molar-refractivity contribution in [3.05, 3.63) is 29.8 Å². The van der Waals surface area contributed by atoms with Crippen LogP contribution in [0.25, 0.3) is 0 Å². The van der Waals surface area contributed by atoms with Crippen molar-refractivity contribution in [2.24, 2.45) is 17.8 Å². The molecular formula is C22H34O. The third kappa shape index (κ3) is 4.52. The molecule has 2 aliphatic rings. The smallest absolute Gasteiger partial charge is 0.115 e. The van der Waals surface area contributed by atoms with Crippen LogP contribution in [-0.2, 0) is 0 Å². The Morgan fingerprint density at radius 3 is 1.96 bits per heavy atom. The van der Waals surface area contributed by atoms with Gasteiger partial charge in [0, 0.05) is 0 Å². The van der Waals surface area contributed by atoms with Crippen molar-refractivity contribution in [1.82, 2.24) is 0 Å². The minimum atomic E-state index is 0.391. The van der Waals surface area contributed by atoms with E-state index in [9.17, 15) is 5.11 Å². The Morgan fingerprint density at radius 1 is 0.826 bits per heavy atom. The van der Waals surface area contributed by atoms with E-state index in [1.807, 2.05) is 12.1 Å². The van der Waals surface area contributed by atoms with Gasteiger partial charge in [-0.15, -0.1) is 0 Å². The molecule has 1 aromatic carbocycles. The minimum absolute atomic E-state index is 0.391. The predicted octanol–water partition coefficient (Wildman–Crippen LogP) is 6.66. The maximum Gasteiger partial charge on any atom is 0.115 e. The summed E-state index contributed by atoms with van der Waals surface area (Å²) in [6, 6.07) is 7.94. The Labute approximate surface area is 142 Å². The molecule has 1 heteroatoms. The highest BCUT2D eigenvalue weighted by Crippen LogP contribution is 2.44. The van der Waals surface area contributed by atoms with Crippen molar-refractivity contribution in [2.75, 3.05) is 0 Å². The van der Waals surface area contributed by atoms with Gasteiger partial charge in [0.15, 0.2) is 0 Å². The zero-order chi connectivity index (χ0) is 16.1. The van der Waals surface area contributed by atoms with Gasteiger partial charge in [-0.1, -0.05) is 51.2 Å². The molecule has 0 atom stereocenters. The van der Waals surface area contributed by atoms with E-state index in [-0.39, 0.29) is 0 Å². The van der Waals surface area contributed by atoms with Crippen molar-refractivity contribution in [2.45, 2.75) is 83.5 Å². The Balaban J connectivity index is 1.43. The summed E-state index contributed by atoms with van der Waals surface area (Å²) in [7, 11) is 0. The molecule has 2 saturated carbocycles. The minimum Gasteiger partial charge on any atom is -0.508 e. The molecule has 0 amide bonds. The lowest BCUT2D eigenvalue weighted by Crippen LogP contribution is -2.25. The first-order chi connectivity index (χ1) is 11.3. The molecule has 0 saturated heterocycles. The van der Waals surface area contributed by atoms with E-state index in [2.05, 4.69) is 19.1 Å². The fourth-order valence-corrected chi connectivity index (χ4v) is 5.11. The highest BCUT2D eigenvalue weighted by Gasteiger charge is 2.31. The Morgan fingerprint density at radius 2 is 1.39 bits per heavy atom. The van der Waals surface area contributed by atoms with Crippen molar-refractivity contribution >= 4 is 0 Å². The largest absolute Gasteiger partial charge is 0.508 e. The van der Waals surface area contributed by atoms with Gasteiger partial charge < -0.3 is 5.11 Å². The van der Waals surface area contributed by atoms with Crippen LogP contribution in [-0.4, -0.2) is 5.11 Å². The van der Waals surface area contributed by atoms with E-state index in [0.717, 1.165) is 23.7 Å². The van der Waals surface area contributed by atoms with Crippen LogP contribution in [0.5, 0.6) is 5.75 Å². The monoisotopic (exact) mass is 314 g/mol. The van der Waals surface area contributed by atoms with E-state index in [0.29, 0.717) is 5.75 Å². The number of phenols is 1. The molecule has 0 bridgehead atoms. The van der Waals surface area contributed by atoms with Crippen LogP contribution in [0.15, 0.2) is 24.3 Å². The predicted molar refractivity (Wildman–Crippen MR) is 97.8 cm³/mol. The van der Waals surface area contributed by atoms with Gasteiger partial charge in [0.1, 0.15) is 5.75 Å². The molecule has 2 fully saturated rings. The standard InChI is InChI=1S/C22H34O/c1-2-3-4-17-5-7-18(8-6-17)19-9-11-20(12-10-19)21-13-15-22(23)16-14-21/h13-20,23H,2-12H2,1H3. The maximum absolute atomic E-state index is 9.44. The Hall–Kier alpha value is -0.980. The molecular weight excluding hydrogens is 280 g/mol. The van der Waals surface area contributed by atoms with Crippen LogP contribution in [0.3, 0.4) is 0 Å². The molecule has 1 nitrogen and oxygen atoms in total. The molecule has 2 aliphatic carbocycles. The van der Waals surface area contributed by atoms with Crippen LogP contribution in [0.4, 0.5) is 0 Å². The second-order valence-corrected chi connectivity index (χ2v) is 8.13. The lowest BCUT2D eigenvalue weighted by Gasteiger charge is -2.38. The summed E-state index contributed by atoms with van der Waals surface area (Å²) in [6.07, 6.45) is 15.9. The zero-order valence-corrected chi connectivity index (χ0v) is 14.8. The van der Waals surface area contributed by atoms with Gasteiger partial charge in [-0.25, -0.2) is 0 Å². The van der Waals surface area contributed by atoms with E-state index >= 15 is 0 Å². The lowest BCUT2D eigenvalue weighted by atomic mass is 9.68. The third-order valence-corrected chi connectivity index (χ3v) is 6.66. The quantitative estimate of drug-likeness (QED) is 0.644. The van der Waals surface area contributed by atoms with Crippen molar-refractivity contribution in [3.8, 4) is 5.75 Å². The van der Waals surface area contributed by atoms with Crippen molar-refractivity contribution in [1.29, 1.82) is 0 Å². The summed E-state index contributed by atoms with van der Waals surface area (Å²) >= 11 is 0. The Kier molecular flexibility index (Phi) is 6.02. The number of rotatable bonds is 5. The molecule has 0 heterocycles. The number of unbranched alkanes of at least 4 members (excludes halogenated alkanes) is 1. The van der Waals surface area contributed by atoms with Crippen LogP contribution >= 0.6 is 0 Å². The van der Waals surface area contributed by atoms with E-state index in [1.54, 1.807) is 0 Å². The first-order valence-corrected chi connectivity index (χ1v) is 10.0. The molecule has 0 unspecified atom stereocenters. The van der Waals surface area contributed by atoms with Gasteiger partial charge in [0.25, 0.3) is 0 Å². The highest BCUT2D eigenvalue weighted by atomic mass is 16.3. The maximum atomic E-state index is 9.44. The average molecular weight is 315 g/mol. The number of hydrogen-bond acceptors (Lipinski definition) is 1. The van der Waals surface area contributed by atoms with Gasteiger partial charge in [-0.05, 0) is 79.9 Å². The van der Waals surface area contributed by atoms with E-state index < -0.39 is 0 Å². The van der Waals surface area contributed by atoms with Crippen LogP contribution in [0.2, 0.25) is 0 Å². The highest BCUT2D eigenvalue weighted by molar-refractivity contribution is 5.28. The first-order valence-electron chi connectivity index (χ1n) is 10.0. The zero-order valence-electron chi connectivity index (χ0n) is 14.8. The van der Waals surface area contributed by atoms with Crippen LogP contribution < -0.4 is 0 Å². The summed E-state index contributed by atoms with van der Waals surface area (Å²) in [4.78, 5) is 0. The molecule has 0 aliphatic heterocycles. The lowest BCUT2D eigenvalue weighted by molar-refractivity contribution is 0.156. The van der Waals surface area contributed by atoms with Crippen molar-refractivity contribution in [3.63, 3.8) is 0 Å². The molecule has 1 aromatic rings. The molecule has 0 spiro atoms. The summed E-state index contributed by atoms with van der Waals surface area (Å²) in [5, 5.41) is 9.44. The SMILES string of the molecule is CCCCC1CCC(C2CCC(c3ccc(O)cc3)CC2)CC1. The summed E-state index contributed by atoms with van der Waals surface area (Å²) in [6.45, 7) is 2.32. The summed E-state index contributed by atoms with van der Waals surface area (Å²) < 4.78 is 0. The molecule has 128 valence electrons. The first kappa shape index (κ1) is 16.9. The topological polar surface area (TPSA) is 20.2 Å². The Bertz CT molecular complexity index is 447. The average Bonchev–Trinajstić information content (AvgIpc) is 2.61. The van der Waals surface area contributed by atoms with Crippen LogP contribution in [0, 0.1) is 17.8 Å². The van der Waals surface area contributed by atoms with Gasteiger partial charge in [0.2, 0.25) is 0 Å². The normalized spacial score (nSPS) is 31.9. The van der Waals surface area contributed by atoms with E-state index in [4.69, 9.17) is 0 Å². The molecule has 23 heavy (non-hydrogen) atoms. The van der Waals surface area contributed by atoms with Gasteiger partial charge in [-0.2, -0.15) is 0 Å². The van der Waals surface area contributed by atoms with Crippen molar-refractivity contribution < 1.29 is 5.11 Å². The number of aromatic hydroxyl groups is 1. The summed E-state index contributed by atoms with van der Waals surface area (Å²) in [5.41, 5.74) is 1.43. The molecule has 1 N–H and O–H groups in total.